The van der Waals surface area contributed by atoms with E-state index in [4.69, 9.17) is 9.47 Å². The van der Waals surface area contributed by atoms with Gasteiger partial charge in [0, 0.05) is 72.5 Å². The molecule has 10 heterocycles. The second kappa shape index (κ2) is 38.5. The Kier molecular flexibility index (Phi) is 28.2. The van der Waals surface area contributed by atoms with E-state index in [0.717, 1.165) is 61.7 Å². The summed E-state index contributed by atoms with van der Waals surface area (Å²) >= 11 is 6.78. The van der Waals surface area contributed by atoms with Crippen LogP contribution in [0.25, 0.3) is 84.5 Å². The summed E-state index contributed by atoms with van der Waals surface area (Å²) < 4.78 is 31.4. The summed E-state index contributed by atoms with van der Waals surface area (Å²) in [7, 11) is 1.33. The summed E-state index contributed by atoms with van der Waals surface area (Å²) in [6.45, 7) is 11.0. The van der Waals surface area contributed by atoms with Crippen LogP contribution in [0.5, 0.6) is 0 Å². The van der Waals surface area contributed by atoms with Crippen LogP contribution in [-0.4, -0.2) is 115 Å². The fraction of sp³-hybridized carbons (Fsp3) is 0.258. The molecule has 0 saturated carbocycles. The molecule has 0 bridgehead atoms. The van der Waals surface area contributed by atoms with Crippen LogP contribution in [0.2, 0.25) is 0 Å². The number of methoxy groups -OCH3 is 1. The van der Waals surface area contributed by atoms with Crippen LogP contribution < -0.4 is 52.3 Å². The Labute approximate surface area is 709 Å². The first-order valence-electron chi connectivity index (χ1n) is 37.9. The fourth-order valence-electron chi connectivity index (χ4n) is 15.8. The molecule has 8 aromatic carbocycles. The number of fused-ring (bicyclic) bond motifs is 8. The van der Waals surface area contributed by atoms with Crippen molar-refractivity contribution in [2.75, 3.05) is 33.5 Å². The van der Waals surface area contributed by atoms with Crippen LogP contribution in [-0.2, 0) is 59.6 Å². The Morgan fingerprint density at radius 3 is 1.27 bits per heavy atom. The number of cyclic esters (lactones) is 2. The standard InChI is InChI=1S/C23H24N2O4S.C22H22N2O4S.C22H20N2O3S.C17H14N2OS.C5H6O2.Na.H2O/c1-15-6-5-9-20-22(15)16(14-30-20)13-24-18-7-3-4-8-19(18)25(23(24)28)17(10-11-26)12-21(27)29-2;1-14-5-4-8-19-21(14)15(13-29-19)12-23-17-6-2-3-7-18(17)24(22(23)28)16(9-10-25)11-20(26)27;1-14-5-4-8-19-21(14)15(13-28-19)12-23-17-6-2-3-7-18(17)24(22(23)26)16-9-10-27-20(25)11-16;1-11-5-4-8-15-16(11)12(10-21-15)9-19-14-7-3-2-6-13(14)18-17(19)20;6-5-3-1-2-4-7-5;;/h3-9,14,17,26H,10-13H2,1-2H3;2-8,13,16,25H,9-12H2,1H3,(H,26,27);2-8,13,16H,9-12H2,1H3;2-8,10H,9H2,1H3,(H,18,20);1,3H,2,4H2;;1H2/q;;;;;+1;/p-1. The molecule has 8 aromatic heterocycles. The van der Waals surface area contributed by atoms with E-state index in [1.165, 1.54) is 85.9 Å². The number of nitrogens with one attached hydrogen (secondary N) is 1. The number of aliphatic hydroxyl groups is 2. The van der Waals surface area contributed by atoms with E-state index in [0.29, 0.717) is 57.8 Å². The molecule has 598 valence electrons. The van der Waals surface area contributed by atoms with Gasteiger partial charge in [-0.3, -0.25) is 46.4 Å². The number of esters is 3. The van der Waals surface area contributed by atoms with Gasteiger partial charge in [0.05, 0.1) is 128 Å². The molecule has 0 radical (unpaired) electrons. The number of carboxylic acids is 1. The quantitative estimate of drug-likeness (QED) is 0.0332. The largest absolute Gasteiger partial charge is 1.00 e. The number of carbonyl (C=O) groups excluding carboxylic acids is 3. The van der Waals surface area contributed by atoms with Crippen molar-refractivity contribution in [3.8, 4) is 0 Å². The molecule has 23 nitrogen and oxygen atoms in total. The normalized spacial score (nSPS) is 13.7. The molecule has 28 heteroatoms. The molecule has 3 unspecified atom stereocenters. The number of hydrogen-bond donors (Lipinski definition) is 4. The summed E-state index contributed by atoms with van der Waals surface area (Å²) in [4.78, 5) is 101. The number of H-pyrrole nitrogens is 1. The molecule has 0 amide bonds. The zero-order valence-corrected chi connectivity index (χ0v) is 70.8. The van der Waals surface area contributed by atoms with E-state index in [1.54, 1.807) is 63.6 Å². The van der Waals surface area contributed by atoms with Gasteiger partial charge in [-0.05, 0) is 179 Å². The SMILES string of the molecule is COC(=O)CC(CCO)n1c(=O)n(Cc2csc3cccc(C)c23)c2ccccc21.Cc1cccc2scc(Cn3c(=O)[nH]c4ccccc43)c12.Cc1cccc2scc(Cn3c(=O)n(C(CCO)CC(=O)O)c4ccccc43)c12.Cc1cccc2scc(Cn3c(=O)n(C4CCOC(=O)C4)c4ccccc43)c12.O=C1C=CCCO1.[Na+].[OH-]. The average molecular weight is 1660 g/mol. The van der Waals surface area contributed by atoms with Gasteiger partial charge in [0.15, 0.2) is 0 Å². The molecule has 0 spiro atoms. The summed E-state index contributed by atoms with van der Waals surface area (Å²) in [5, 5.41) is 41.6. The second-order valence-electron chi connectivity index (χ2n) is 28.5. The molecule has 117 heavy (non-hydrogen) atoms. The number of para-hydroxylation sites is 8. The average Bonchev–Trinajstić information content (AvgIpc) is 1.61. The van der Waals surface area contributed by atoms with E-state index in [1.807, 2.05) is 124 Å². The zero-order chi connectivity index (χ0) is 80.6. The molecule has 2 aliphatic rings. The molecule has 1 saturated heterocycles. The molecule has 0 aliphatic carbocycles. The van der Waals surface area contributed by atoms with Gasteiger partial charge in [0.25, 0.3) is 0 Å². The number of imidazole rings is 4. The Morgan fingerprint density at radius 1 is 0.487 bits per heavy atom. The number of carboxylic acid groups (broad SMARTS) is 1. The topological polar surface area (TPSA) is 305 Å². The number of ether oxygens (including phenoxy) is 3. The van der Waals surface area contributed by atoms with Crippen molar-refractivity contribution in [1.82, 2.24) is 37.0 Å². The van der Waals surface area contributed by atoms with E-state index < -0.39 is 24.0 Å². The minimum Gasteiger partial charge on any atom is -0.870 e. The van der Waals surface area contributed by atoms with Crippen molar-refractivity contribution in [3.63, 3.8) is 0 Å². The first kappa shape index (κ1) is 85.5. The van der Waals surface area contributed by atoms with E-state index in [9.17, 15) is 53.7 Å². The van der Waals surface area contributed by atoms with E-state index >= 15 is 0 Å². The number of benzene rings is 8. The number of hydrogen-bond acceptors (Lipinski definition) is 18. The Hall–Kier alpha value is -10.8. The number of thiophene rings is 4. The Balaban J connectivity index is 0.000000139. The number of aromatic nitrogens is 8. The summed E-state index contributed by atoms with van der Waals surface area (Å²) in [5.41, 5.74) is 15.5. The number of rotatable bonds is 19. The minimum atomic E-state index is -0.994. The van der Waals surface area contributed by atoms with Crippen molar-refractivity contribution >= 4 is 154 Å². The number of carbonyl (C=O) groups is 4. The Bertz CT molecular complexity index is 6600. The number of aryl methyl sites for hydroxylation is 4. The summed E-state index contributed by atoms with van der Waals surface area (Å²) in [6.07, 6.45) is 5.36. The van der Waals surface area contributed by atoms with E-state index in [2.05, 4.69) is 120 Å². The van der Waals surface area contributed by atoms with Crippen molar-refractivity contribution in [2.45, 2.75) is 117 Å². The maximum absolute atomic E-state index is 13.5. The number of aromatic amines is 1. The summed E-state index contributed by atoms with van der Waals surface area (Å²) in [5.74, 6) is -1.85. The first-order valence-corrected chi connectivity index (χ1v) is 41.4. The smallest absolute Gasteiger partial charge is 0.870 e. The van der Waals surface area contributed by atoms with Crippen molar-refractivity contribution in [2.24, 2.45) is 0 Å². The van der Waals surface area contributed by atoms with Crippen LogP contribution >= 0.6 is 45.3 Å². The molecule has 2 aliphatic heterocycles. The predicted molar refractivity (Wildman–Crippen MR) is 460 cm³/mol. The van der Waals surface area contributed by atoms with Crippen LogP contribution in [0, 0.1) is 27.7 Å². The number of aliphatic hydroxyl groups excluding tert-OH is 2. The minimum absolute atomic E-state index is 0. The predicted octanol–water partition coefficient (Wildman–Crippen LogP) is 13.1. The van der Waals surface area contributed by atoms with Crippen LogP contribution in [0.3, 0.4) is 0 Å². The van der Waals surface area contributed by atoms with Crippen LogP contribution in [0.15, 0.2) is 223 Å². The monoisotopic (exact) mass is 1660 g/mol. The molecule has 18 rings (SSSR count). The van der Waals surface area contributed by atoms with Gasteiger partial charge < -0.3 is 40.0 Å². The molecule has 5 N–H and O–H groups in total. The third-order valence-corrected chi connectivity index (χ3v) is 25.1. The number of aliphatic carboxylic acids is 1. The third kappa shape index (κ3) is 18.3. The van der Waals surface area contributed by atoms with Crippen molar-refractivity contribution in [3.05, 3.63) is 290 Å². The van der Waals surface area contributed by atoms with Crippen LogP contribution in [0.1, 0.15) is 108 Å². The van der Waals surface area contributed by atoms with Gasteiger partial charge in [-0.1, -0.05) is 103 Å². The molecule has 3 atom stereocenters. The third-order valence-electron chi connectivity index (χ3n) is 21.1. The van der Waals surface area contributed by atoms with Gasteiger partial charge >= 0.3 is 76.2 Å². The van der Waals surface area contributed by atoms with Crippen molar-refractivity contribution in [1.29, 1.82) is 0 Å². The molecular formula is C89H87N8NaO15S4. The molecular weight excluding hydrogens is 1570 g/mol. The van der Waals surface area contributed by atoms with Gasteiger partial charge in [-0.25, -0.2) is 24.0 Å². The zero-order valence-electron chi connectivity index (χ0n) is 65.5. The van der Waals surface area contributed by atoms with Gasteiger partial charge in [-0.15, -0.1) is 45.3 Å². The van der Waals surface area contributed by atoms with Crippen molar-refractivity contribution < 1.29 is 83.7 Å². The molecule has 1 fully saturated rings. The fourth-order valence-corrected chi connectivity index (χ4v) is 19.9. The van der Waals surface area contributed by atoms with Gasteiger partial charge in [0.1, 0.15) is 0 Å². The maximum Gasteiger partial charge on any atom is 1.00 e. The van der Waals surface area contributed by atoms with Crippen LogP contribution in [0.4, 0.5) is 0 Å². The number of nitrogens with zero attached hydrogens (tertiary/aromatic N) is 7. The first-order chi connectivity index (χ1) is 55.8. The van der Waals surface area contributed by atoms with E-state index in [-0.39, 0.29) is 115 Å². The summed E-state index contributed by atoms with van der Waals surface area (Å²) in [6, 6.07) is 54.4. The van der Waals surface area contributed by atoms with Gasteiger partial charge in [0.2, 0.25) is 0 Å². The Morgan fingerprint density at radius 2 is 0.880 bits per heavy atom. The maximum atomic E-state index is 13.5. The second-order valence-corrected chi connectivity index (χ2v) is 32.1. The molecule has 16 aromatic rings. The van der Waals surface area contributed by atoms with Gasteiger partial charge in [-0.2, -0.15) is 0 Å².